The summed E-state index contributed by atoms with van der Waals surface area (Å²) in [5.41, 5.74) is 3.48. The number of rotatable bonds is 7. The summed E-state index contributed by atoms with van der Waals surface area (Å²) in [6.07, 6.45) is 5.57. The van der Waals surface area contributed by atoms with E-state index in [1.54, 1.807) is 12.4 Å². The smallest absolute Gasteiger partial charge is 0.250 e. The number of hydrogen-bond donors (Lipinski definition) is 2. The van der Waals surface area contributed by atoms with Gasteiger partial charge in [0.05, 0.1) is 11.7 Å². The van der Waals surface area contributed by atoms with Crippen molar-refractivity contribution in [2.75, 3.05) is 23.9 Å². The Morgan fingerprint density at radius 2 is 1.80 bits per heavy atom. The number of ether oxygens (including phenoxy) is 1. The van der Waals surface area contributed by atoms with Gasteiger partial charge in [-0.3, -0.25) is 9.78 Å². The molecular formula is C26H24N6O2S. The maximum Gasteiger partial charge on any atom is 0.250 e. The first-order valence-corrected chi connectivity index (χ1v) is 11.5. The lowest BCUT2D eigenvalue weighted by Crippen LogP contribution is -2.30. The zero-order valence-electron chi connectivity index (χ0n) is 19.0. The number of nitrogens with zero attached hydrogens (tertiary/aromatic N) is 4. The van der Waals surface area contributed by atoms with E-state index in [0.29, 0.717) is 10.8 Å². The van der Waals surface area contributed by atoms with Crippen LogP contribution in [0.5, 0.6) is 0 Å². The number of pyridine rings is 2. The highest BCUT2D eigenvalue weighted by molar-refractivity contribution is 7.80. The largest absolute Gasteiger partial charge is 0.375 e. The van der Waals surface area contributed by atoms with E-state index in [0.717, 1.165) is 22.9 Å². The molecule has 8 nitrogen and oxygen atoms in total. The topological polar surface area (TPSA) is 84.3 Å². The van der Waals surface area contributed by atoms with E-state index >= 15 is 0 Å². The van der Waals surface area contributed by atoms with Gasteiger partial charge in [-0.15, -0.1) is 0 Å². The van der Waals surface area contributed by atoms with Crippen molar-refractivity contribution in [2.24, 2.45) is 0 Å². The molecule has 4 aromatic rings. The van der Waals surface area contributed by atoms with Crippen LogP contribution >= 0.6 is 12.2 Å². The molecule has 9 heteroatoms. The van der Waals surface area contributed by atoms with Crippen LogP contribution in [0, 0.1) is 0 Å². The highest BCUT2D eigenvalue weighted by Gasteiger charge is 2.42. The maximum absolute atomic E-state index is 11.9. The van der Waals surface area contributed by atoms with E-state index in [1.165, 1.54) is 7.11 Å². The lowest BCUT2D eigenvalue weighted by atomic mass is 10.0. The Labute approximate surface area is 208 Å². The molecule has 2 atom stereocenters. The Morgan fingerprint density at radius 1 is 1.03 bits per heavy atom. The predicted molar refractivity (Wildman–Crippen MR) is 138 cm³/mol. The minimum atomic E-state index is -0.208. The summed E-state index contributed by atoms with van der Waals surface area (Å²) in [6.45, 7) is 0.000221. The zero-order chi connectivity index (χ0) is 24.2. The second-order valence-corrected chi connectivity index (χ2v) is 8.40. The van der Waals surface area contributed by atoms with E-state index in [2.05, 4.69) is 36.1 Å². The third-order valence-corrected chi connectivity index (χ3v) is 6.10. The van der Waals surface area contributed by atoms with Gasteiger partial charge in [-0.2, -0.15) is 0 Å². The minimum Gasteiger partial charge on any atom is -0.375 e. The predicted octanol–water partition coefficient (Wildman–Crippen LogP) is 4.03. The van der Waals surface area contributed by atoms with E-state index in [1.807, 2.05) is 72.9 Å². The molecule has 176 valence electrons. The van der Waals surface area contributed by atoms with Crippen LogP contribution in [-0.4, -0.2) is 39.3 Å². The average Bonchev–Trinajstić information content (AvgIpc) is 3.50. The Morgan fingerprint density at radius 3 is 2.49 bits per heavy atom. The van der Waals surface area contributed by atoms with Gasteiger partial charge < -0.3 is 24.8 Å². The fourth-order valence-electron chi connectivity index (χ4n) is 4.31. The average molecular weight is 485 g/mol. The number of carbonyl (C=O) groups excluding carboxylic acids is 1. The molecule has 35 heavy (non-hydrogen) atoms. The van der Waals surface area contributed by atoms with Crippen LogP contribution in [-0.2, 0) is 9.53 Å². The Kier molecular flexibility index (Phi) is 6.51. The van der Waals surface area contributed by atoms with Gasteiger partial charge in [0.2, 0.25) is 5.91 Å². The van der Waals surface area contributed by atoms with Gasteiger partial charge >= 0.3 is 0 Å². The first-order valence-electron chi connectivity index (χ1n) is 11.1. The molecule has 2 N–H and O–H groups in total. The van der Waals surface area contributed by atoms with Crippen LogP contribution < -0.4 is 15.5 Å². The fraction of sp³-hybridized carbons (Fsp3) is 0.154. The summed E-state index contributed by atoms with van der Waals surface area (Å²) in [5.74, 6) is 0.612. The maximum atomic E-state index is 11.9. The Balaban J connectivity index is 1.55. The molecule has 0 unspecified atom stereocenters. The number of nitrogens with one attached hydrogen (secondary N) is 2. The van der Waals surface area contributed by atoms with Crippen molar-refractivity contribution >= 4 is 34.6 Å². The summed E-state index contributed by atoms with van der Waals surface area (Å²) in [6, 6.07) is 23.0. The van der Waals surface area contributed by atoms with E-state index < -0.39 is 0 Å². The first-order chi connectivity index (χ1) is 17.2. The Hall–Kier alpha value is -4.08. The number of hydrogen-bond acceptors (Lipinski definition) is 5. The van der Waals surface area contributed by atoms with Crippen molar-refractivity contribution in [1.29, 1.82) is 0 Å². The van der Waals surface area contributed by atoms with Gasteiger partial charge in [0.25, 0.3) is 0 Å². The van der Waals surface area contributed by atoms with Gasteiger partial charge in [0.15, 0.2) is 5.11 Å². The third kappa shape index (κ3) is 4.64. The van der Waals surface area contributed by atoms with E-state index in [9.17, 15) is 4.79 Å². The lowest BCUT2D eigenvalue weighted by molar-refractivity contribution is -0.119. The van der Waals surface area contributed by atoms with E-state index in [4.69, 9.17) is 17.0 Å². The van der Waals surface area contributed by atoms with Crippen molar-refractivity contribution < 1.29 is 9.53 Å². The van der Waals surface area contributed by atoms with Gasteiger partial charge in [0, 0.05) is 42.8 Å². The number of thiocarbonyl (C=S) groups is 1. The second-order valence-electron chi connectivity index (χ2n) is 8.02. The number of methoxy groups -OCH3 is 1. The number of benzene rings is 1. The Bertz CT molecular complexity index is 1310. The molecule has 1 aromatic carbocycles. The molecule has 1 saturated heterocycles. The number of carbonyl (C=O) groups is 1. The van der Waals surface area contributed by atoms with Gasteiger partial charge in [-0.1, -0.05) is 12.1 Å². The van der Waals surface area contributed by atoms with E-state index in [-0.39, 0.29) is 24.6 Å². The fourth-order valence-corrected chi connectivity index (χ4v) is 4.65. The molecule has 1 amide bonds. The van der Waals surface area contributed by atoms with Crippen molar-refractivity contribution in [3.05, 3.63) is 103 Å². The molecule has 4 heterocycles. The molecule has 0 saturated carbocycles. The molecule has 1 fully saturated rings. The summed E-state index contributed by atoms with van der Waals surface area (Å²) >= 11 is 5.82. The highest BCUT2D eigenvalue weighted by atomic mass is 32.1. The summed E-state index contributed by atoms with van der Waals surface area (Å²) in [5, 5.41) is 6.89. The highest BCUT2D eigenvalue weighted by Crippen LogP contribution is 2.42. The van der Waals surface area contributed by atoms with Crippen LogP contribution in [0.4, 0.5) is 11.4 Å². The van der Waals surface area contributed by atoms with Crippen molar-refractivity contribution in [1.82, 2.24) is 19.9 Å². The zero-order valence-corrected chi connectivity index (χ0v) is 19.9. The quantitative estimate of drug-likeness (QED) is 0.383. The monoisotopic (exact) mass is 484 g/mol. The molecule has 1 aliphatic heterocycles. The number of anilines is 2. The molecule has 5 rings (SSSR count). The summed E-state index contributed by atoms with van der Waals surface area (Å²) < 4.78 is 6.96. The van der Waals surface area contributed by atoms with Crippen LogP contribution in [0.15, 0.2) is 91.4 Å². The van der Waals surface area contributed by atoms with Crippen LogP contribution in [0.25, 0.3) is 5.82 Å². The minimum absolute atomic E-state index is 0.000221. The molecule has 0 radical (unpaired) electrons. The number of aromatic nitrogens is 3. The number of amides is 1. The SMILES string of the molecule is COCC(=O)Nc1ccc(N2C(=S)N[C@@H](c3ccccn3)[C@H]2c2cccn2-c2ccccn2)cc1. The van der Waals surface area contributed by atoms with Crippen LogP contribution in [0.1, 0.15) is 23.5 Å². The molecule has 1 aliphatic rings. The van der Waals surface area contributed by atoms with Gasteiger partial charge in [-0.05, 0) is 72.9 Å². The summed E-state index contributed by atoms with van der Waals surface area (Å²) in [4.78, 5) is 23.1. The summed E-state index contributed by atoms with van der Waals surface area (Å²) in [7, 11) is 1.49. The van der Waals surface area contributed by atoms with Gasteiger partial charge in [-0.25, -0.2) is 4.98 Å². The standard InChI is InChI=1S/C26H24N6O2S/c1-34-17-23(33)29-18-10-12-19(13-11-18)32-25(24(30-26(32)35)20-7-2-4-14-27-20)21-8-6-16-31(21)22-9-3-5-15-28-22/h2-16,24-25H,17H2,1H3,(H,29,33)(H,30,35)/t24-,25+/m0/s1. The molecule has 0 bridgehead atoms. The van der Waals surface area contributed by atoms with Crippen molar-refractivity contribution in [3.63, 3.8) is 0 Å². The molecule has 0 spiro atoms. The molecule has 0 aliphatic carbocycles. The van der Waals surface area contributed by atoms with Crippen molar-refractivity contribution in [2.45, 2.75) is 12.1 Å². The lowest BCUT2D eigenvalue weighted by Gasteiger charge is -2.29. The first kappa shape index (κ1) is 22.7. The second kappa shape index (κ2) is 10.0. The van der Waals surface area contributed by atoms with Crippen molar-refractivity contribution in [3.8, 4) is 5.82 Å². The van der Waals surface area contributed by atoms with Crippen LogP contribution in [0.2, 0.25) is 0 Å². The van der Waals surface area contributed by atoms with Gasteiger partial charge in [0.1, 0.15) is 18.5 Å². The normalized spacial score (nSPS) is 17.3. The molecular weight excluding hydrogens is 460 g/mol. The molecule has 3 aromatic heterocycles. The third-order valence-electron chi connectivity index (χ3n) is 5.78. The van der Waals surface area contributed by atoms with Crippen LogP contribution in [0.3, 0.4) is 0 Å².